The lowest BCUT2D eigenvalue weighted by Crippen LogP contribution is -2.08. The summed E-state index contributed by atoms with van der Waals surface area (Å²) < 4.78 is 0. The molecule has 0 spiro atoms. The van der Waals surface area contributed by atoms with E-state index in [1.807, 2.05) is 0 Å². The molecule has 0 bridgehead atoms. The summed E-state index contributed by atoms with van der Waals surface area (Å²) in [5.41, 5.74) is 5.08. The fourth-order valence-corrected chi connectivity index (χ4v) is 3.70. The van der Waals surface area contributed by atoms with Crippen LogP contribution in [-0.4, -0.2) is 21.6 Å². The van der Waals surface area contributed by atoms with Crippen LogP contribution in [0.4, 0.5) is 0 Å². The average Bonchev–Trinajstić information content (AvgIpc) is 2.47. The van der Waals surface area contributed by atoms with E-state index in [0.29, 0.717) is 5.88 Å². The Balaban J connectivity index is 1.96. The summed E-state index contributed by atoms with van der Waals surface area (Å²) in [5, 5.41) is 1.13. The van der Waals surface area contributed by atoms with E-state index in [1.165, 1.54) is 16.7 Å². The highest BCUT2D eigenvalue weighted by Crippen LogP contribution is 2.35. The number of fused-ring (bicyclic) bond motifs is 3. The smallest absolute Gasteiger partial charge is 0.117 e. The van der Waals surface area contributed by atoms with Gasteiger partial charge < -0.3 is 0 Å². The Morgan fingerprint density at radius 2 is 2.05 bits per heavy atom. The summed E-state index contributed by atoms with van der Waals surface area (Å²) in [6.45, 7) is 0. The quantitative estimate of drug-likeness (QED) is 0.369. The van der Waals surface area contributed by atoms with Gasteiger partial charge in [-0.05, 0) is 24.8 Å². The SMILES string of the molecule is ClCCCSc1ncnc2c1CCc1ccccc1-2. The van der Waals surface area contributed by atoms with Gasteiger partial charge >= 0.3 is 0 Å². The second kappa shape index (κ2) is 5.93. The molecule has 0 N–H and O–H groups in total. The van der Waals surface area contributed by atoms with Gasteiger partial charge in [0, 0.05) is 22.8 Å². The van der Waals surface area contributed by atoms with Gasteiger partial charge in [0.05, 0.1) is 5.69 Å². The zero-order valence-electron chi connectivity index (χ0n) is 10.6. The molecule has 0 radical (unpaired) electrons. The molecule has 0 saturated carbocycles. The zero-order chi connectivity index (χ0) is 13.1. The standard InChI is InChI=1S/C15H15ClN2S/c16-8-3-9-19-15-13-7-6-11-4-1-2-5-12(11)14(13)17-10-18-15/h1-2,4-5,10H,3,6-9H2. The van der Waals surface area contributed by atoms with Crippen molar-refractivity contribution >= 4 is 23.4 Å². The molecular weight excluding hydrogens is 276 g/mol. The maximum atomic E-state index is 5.73. The van der Waals surface area contributed by atoms with E-state index in [1.54, 1.807) is 18.1 Å². The van der Waals surface area contributed by atoms with Gasteiger partial charge in [0.2, 0.25) is 0 Å². The summed E-state index contributed by atoms with van der Waals surface area (Å²) in [5.74, 6) is 1.73. The molecule has 0 aliphatic heterocycles. The van der Waals surface area contributed by atoms with Crippen molar-refractivity contribution in [2.24, 2.45) is 0 Å². The third-order valence-corrected chi connectivity index (χ3v) is 4.72. The summed E-state index contributed by atoms with van der Waals surface area (Å²) in [4.78, 5) is 8.94. The van der Waals surface area contributed by atoms with Crippen molar-refractivity contribution in [2.75, 3.05) is 11.6 Å². The highest BCUT2D eigenvalue weighted by molar-refractivity contribution is 7.99. The third-order valence-electron chi connectivity index (χ3n) is 3.34. The highest BCUT2D eigenvalue weighted by atomic mass is 35.5. The lowest BCUT2D eigenvalue weighted by molar-refractivity contribution is 0.860. The molecule has 0 amide bonds. The van der Waals surface area contributed by atoms with Crippen LogP contribution in [0.5, 0.6) is 0 Å². The minimum Gasteiger partial charge on any atom is -0.236 e. The van der Waals surface area contributed by atoms with E-state index >= 15 is 0 Å². The van der Waals surface area contributed by atoms with Gasteiger partial charge in [0.1, 0.15) is 11.4 Å². The van der Waals surface area contributed by atoms with Crippen molar-refractivity contribution in [3.05, 3.63) is 41.7 Å². The molecule has 1 aromatic carbocycles. The Hall–Kier alpha value is -1.06. The number of rotatable bonds is 4. The van der Waals surface area contributed by atoms with Crippen molar-refractivity contribution in [3.63, 3.8) is 0 Å². The molecule has 0 atom stereocenters. The maximum absolute atomic E-state index is 5.73. The van der Waals surface area contributed by atoms with Crippen molar-refractivity contribution in [2.45, 2.75) is 24.3 Å². The molecule has 3 rings (SSSR count). The molecule has 2 aromatic rings. The Morgan fingerprint density at radius 3 is 2.95 bits per heavy atom. The minimum absolute atomic E-state index is 0.711. The molecular formula is C15H15ClN2S. The van der Waals surface area contributed by atoms with E-state index < -0.39 is 0 Å². The van der Waals surface area contributed by atoms with Crippen LogP contribution in [0.15, 0.2) is 35.6 Å². The first-order chi connectivity index (χ1) is 9.40. The molecule has 1 aliphatic carbocycles. The fourth-order valence-electron chi connectivity index (χ4n) is 2.43. The molecule has 4 heteroatoms. The first-order valence-electron chi connectivity index (χ1n) is 6.51. The van der Waals surface area contributed by atoms with Crippen LogP contribution in [0.1, 0.15) is 17.5 Å². The van der Waals surface area contributed by atoms with Gasteiger partial charge in [-0.15, -0.1) is 23.4 Å². The van der Waals surface area contributed by atoms with E-state index in [4.69, 9.17) is 11.6 Å². The largest absolute Gasteiger partial charge is 0.236 e. The number of hydrogen-bond donors (Lipinski definition) is 0. The van der Waals surface area contributed by atoms with Crippen molar-refractivity contribution in [1.29, 1.82) is 0 Å². The molecule has 0 fully saturated rings. The Labute approximate surface area is 122 Å². The number of halogens is 1. The normalized spacial score (nSPS) is 12.9. The number of alkyl halides is 1. The number of aromatic nitrogens is 2. The zero-order valence-corrected chi connectivity index (χ0v) is 12.2. The molecule has 1 heterocycles. The van der Waals surface area contributed by atoms with Crippen LogP contribution in [0.2, 0.25) is 0 Å². The van der Waals surface area contributed by atoms with Crippen LogP contribution < -0.4 is 0 Å². The summed E-state index contributed by atoms with van der Waals surface area (Å²) in [6, 6.07) is 8.53. The summed E-state index contributed by atoms with van der Waals surface area (Å²) in [6.07, 6.45) is 4.82. The summed E-state index contributed by atoms with van der Waals surface area (Å²) >= 11 is 7.53. The van der Waals surface area contributed by atoms with E-state index in [2.05, 4.69) is 34.2 Å². The Bertz CT molecular complexity index is 586. The van der Waals surface area contributed by atoms with Crippen LogP contribution in [0.3, 0.4) is 0 Å². The second-order valence-electron chi connectivity index (χ2n) is 4.55. The molecule has 19 heavy (non-hydrogen) atoms. The van der Waals surface area contributed by atoms with E-state index in [-0.39, 0.29) is 0 Å². The lowest BCUT2D eigenvalue weighted by Gasteiger charge is -2.20. The summed E-state index contributed by atoms with van der Waals surface area (Å²) in [7, 11) is 0. The fraction of sp³-hybridized carbons (Fsp3) is 0.333. The number of aryl methyl sites for hydroxylation is 1. The van der Waals surface area contributed by atoms with E-state index in [9.17, 15) is 0 Å². The predicted octanol–water partition coefficient (Wildman–Crippen LogP) is 3.96. The van der Waals surface area contributed by atoms with Crippen LogP contribution in [0, 0.1) is 0 Å². The van der Waals surface area contributed by atoms with Crippen molar-refractivity contribution in [3.8, 4) is 11.3 Å². The number of nitrogens with zero attached hydrogens (tertiary/aromatic N) is 2. The first kappa shape index (κ1) is 12.9. The van der Waals surface area contributed by atoms with Gasteiger partial charge in [0.15, 0.2) is 0 Å². The third kappa shape index (κ3) is 2.63. The Morgan fingerprint density at radius 1 is 1.16 bits per heavy atom. The van der Waals surface area contributed by atoms with Crippen LogP contribution in [0.25, 0.3) is 11.3 Å². The van der Waals surface area contributed by atoms with Gasteiger partial charge in [-0.25, -0.2) is 9.97 Å². The van der Waals surface area contributed by atoms with Crippen molar-refractivity contribution < 1.29 is 0 Å². The van der Waals surface area contributed by atoms with Crippen molar-refractivity contribution in [1.82, 2.24) is 9.97 Å². The molecule has 98 valence electrons. The van der Waals surface area contributed by atoms with Gasteiger partial charge in [-0.1, -0.05) is 24.3 Å². The topological polar surface area (TPSA) is 25.8 Å². The molecule has 1 aromatic heterocycles. The lowest BCUT2D eigenvalue weighted by atomic mass is 9.90. The van der Waals surface area contributed by atoms with Gasteiger partial charge in [-0.2, -0.15) is 0 Å². The molecule has 0 saturated heterocycles. The van der Waals surface area contributed by atoms with Gasteiger partial charge in [-0.3, -0.25) is 0 Å². The predicted molar refractivity (Wildman–Crippen MR) is 80.9 cm³/mol. The molecule has 2 nitrogen and oxygen atoms in total. The second-order valence-corrected chi connectivity index (χ2v) is 6.02. The molecule has 0 unspecified atom stereocenters. The van der Waals surface area contributed by atoms with Crippen LogP contribution in [-0.2, 0) is 12.8 Å². The minimum atomic E-state index is 0.711. The maximum Gasteiger partial charge on any atom is 0.117 e. The van der Waals surface area contributed by atoms with Gasteiger partial charge in [0.25, 0.3) is 0 Å². The number of benzene rings is 1. The first-order valence-corrected chi connectivity index (χ1v) is 8.03. The Kier molecular flexibility index (Phi) is 4.04. The monoisotopic (exact) mass is 290 g/mol. The number of thioether (sulfide) groups is 1. The van der Waals surface area contributed by atoms with E-state index in [0.717, 1.165) is 35.7 Å². The number of hydrogen-bond acceptors (Lipinski definition) is 3. The molecule has 1 aliphatic rings. The highest BCUT2D eigenvalue weighted by Gasteiger charge is 2.20. The van der Waals surface area contributed by atoms with Crippen LogP contribution >= 0.6 is 23.4 Å². The average molecular weight is 291 g/mol.